The maximum Gasteiger partial charge on any atom is 0.228 e. The number of amides is 1. The molecule has 1 aliphatic carbocycles. The van der Waals surface area contributed by atoms with E-state index in [0.29, 0.717) is 53.4 Å². The van der Waals surface area contributed by atoms with Gasteiger partial charge in [0.2, 0.25) is 5.91 Å². The molecule has 11 heteroatoms. The van der Waals surface area contributed by atoms with Crippen LogP contribution >= 0.6 is 0 Å². The summed E-state index contributed by atoms with van der Waals surface area (Å²) in [6, 6.07) is 5.63. The molecule has 1 saturated heterocycles. The number of fused-ring (bicyclic) bond motifs is 2. The van der Waals surface area contributed by atoms with Gasteiger partial charge in [0.05, 0.1) is 25.1 Å². The topological polar surface area (TPSA) is 122 Å². The number of hydrogen-bond acceptors (Lipinski definition) is 9. The Morgan fingerprint density at radius 3 is 2.94 bits per heavy atom. The lowest BCUT2D eigenvalue weighted by molar-refractivity contribution is -0.117. The molecule has 5 heterocycles. The van der Waals surface area contributed by atoms with Gasteiger partial charge in [0.15, 0.2) is 23.1 Å². The Bertz CT molecular complexity index is 1500. The highest BCUT2D eigenvalue weighted by molar-refractivity contribution is 6.01. The van der Waals surface area contributed by atoms with Crippen molar-refractivity contribution in [2.45, 2.75) is 13.3 Å². The number of carbonyl (C=O) groups is 1. The smallest absolute Gasteiger partial charge is 0.228 e. The zero-order valence-corrected chi connectivity index (χ0v) is 18.5. The molecule has 2 fully saturated rings. The normalized spacial score (nSPS) is 21.7. The van der Waals surface area contributed by atoms with E-state index in [2.05, 4.69) is 30.7 Å². The van der Waals surface area contributed by atoms with Gasteiger partial charge in [0.1, 0.15) is 5.52 Å². The van der Waals surface area contributed by atoms with E-state index in [1.165, 1.54) is 0 Å². The lowest BCUT2D eigenvalue weighted by Gasteiger charge is -2.28. The SMILES string of the molecule is [2H]C([2H])([2H])[C@H]1C[C@H]1C(=O)Nc1cc2c(-c3nc4ccc(N5CCOCC5)cn4n3)cnc(NC)c2nn1. The summed E-state index contributed by atoms with van der Waals surface area (Å²) in [6.45, 7) is 0.859. The van der Waals surface area contributed by atoms with Gasteiger partial charge in [-0.25, -0.2) is 14.5 Å². The molecule has 0 spiro atoms. The van der Waals surface area contributed by atoms with Crippen molar-refractivity contribution in [3.05, 3.63) is 30.6 Å². The second-order valence-corrected chi connectivity index (χ2v) is 8.43. The summed E-state index contributed by atoms with van der Waals surface area (Å²) < 4.78 is 29.8. The van der Waals surface area contributed by atoms with E-state index in [9.17, 15) is 4.79 Å². The molecule has 1 aliphatic heterocycles. The Labute approximate surface area is 199 Å². The third-order valence-electron chi connectivity index (χ3n) is 6.18. The van der Waals surface area contributed by atoms with Crippen molar-refractivity contribution in [3.8, 4) is 11.4 Å². The maximum atomic E-state index is 12.6. The van der Waals surface area contributed by atoms with Crippen LogP contribution in [0.3, 0.4) is 0 Å². The Morgan fingerprint density at radius 2 is 2.15 bits per heavy atom. The quantitative estimate of drug-likeness (QED) is 0.459. The van der Waals surface area contributed by atoms with Gasteiger partial charge in [-0.2, -0.15) is 0 Å². The molecule has 1 saturated carbocycles. The molecule has 0 radical (unpaired) electrons. The van der Waals surface area contributed by atoms with Crippen LogP contribution in [0.2, 0.25) is 0 Å². The zero-order valence-electron chi connectivity index (χ0n) is 21.5. The molecule has 4 aromatic heterocycles. The van der Waals surface area contributed by atoms with Gasteiger partial charge < -0.3 is 20.3 Å². The summed E-state index contributed by atoms with van der Waals surface area (Å²) in [4.78, 5) is 24.0. The average molecular weight is 463 g/mol. The summed E-state index contributed by atoms with van der Waals surface area (Å²) in [5.41, 5.74) is 2.84. The van der Waals surface area contributed by atoms with E-state index in [4.69, 9.17) is 18.9 Å². The summed E-state index contributed by atoms with van der Waals surface area (Å²) >= 11 is 0. The van der Waals surface area contributed by atoms with Gasteiger partial charge in [0.25, 0.3) is 0 Å². The summed E-state index contributed by atoms with van der Waals surface area (Å²) in [5, 5.41) is 19.5. The fourth-order valence-corrected chi connectivity index (χ4v) is 4.15. The van der Waals surface area contributed by atoms with E-state index >= 15 is 0 Å². The summed E-state index contributed by atoms with van der Waals surface area (Å²) in [5.74, 6) is -0.361. The number of nitrogens with zero attached hydrogens (tertiary/aromatic N) is 7. The van der Waals surface area contributed by atoms with Crippen molar-refractivity contribution in [3.63, 3.8) is 0 Å². The fraction of sp³-hybridized carbons (Fsp3) is 0.391. The minimum Gasteiger partial charge on any atom is -0.378 e. The predicted molar refractivity (Wildman–Crippen MR) is 128 cm³/mol. The van der Waals surface area contributed by atoms with Crippen LogP contribution < -0.4 is 15.5 Å². The molecule has 4 aromatic rings. The van der Waals surface area contributed by atoms with E-state index in [-0.39, 0.29) is 11.7 Å². The number of aromatic nitrogens is 6. The lowest BCUT2D eigenvalue weighted by atomic mass is 10.1. The Morgan fingerprint density at radius 1 is 1.26 bits per heavy atom. The monoisotopic (exact) mass is 462 g/mol. The van der Waals surface area contributed by atoms with Gasteiger partial charge >= 0.3 is 0 Å². The van der Waals surface area contributed by atoms with E-state index < -0.39 is 18.7 Å². The van der Waals surface area contributed by atoms with Gasteiger partial charge in [0, 0.05) is 47.3 Å². The highest BCUT2D eigenvalue weighted by atomic mass is 16.5. The average Bonchev–Trinajstić information content (AvgIpc) is 3.62. The van der Waals surface area contributed by atoms with Crippen molar-refractivity contribution in [2.24, 2.45) is 11.8 Å². The van der Waals surface area contributed by atoms with Crippen LogP contribution in [0.15, 0.2) is 30.6 Å². The Kier molecular flexibility index (Phi) is 4.23. The van der Waals surface area contributed by atoms with E-state index in [1.54, 1.807) is 23.8 Å². The number of morpholine rings is 1. The number of pyridine rings is 2. The van der Waals surface area contributed by atoms with E-state index in [1.807, 2.05) is 18.3 Å². The van der Waals surface area contributed by atoms with Crippen LogP contribution in [-0.2, 0) is 9.53 Å². The number of anilines is 3. The van der Waals surface area contributed by atoms with Gasteiger partial charge in [-0.3, -0.25) is 4.79 Å². The molecule has 2 N–H and O–H groups in total. The second kappa shape index (κ2) is 8.17. The highest BCUT2D eigenvalue weighted by Crippen LogP contribution is 2.38. The first-order chi connectivity index (χ1) is 17.8. The molecular formula is C23H25N9O2. The van der Waals surface area contributed by atoms with Crippen LogP contribution in [0, 0.1) is 11.8 Å². The fourth-order valence-electron chi connectivity index (χ4n) is 4.15. The van der Waals surface area contributed by atoms with E-state index in [0.717, 1.165) is 18.8 Å². The number of nitrogens with one attached hydrogen (secondary N) is 2. The predicted octanol–water partition coefficient (Wildman–Crippen LogP) is 2.21. The maximum absolute atomic E-state index is 12.6. The molecule has 1 amide bonds. The molecule has 0 aromatic carbocycles. The van der Waals surface area contributed by atoms with Crippen molar-refractivity contribution < 1.29 is 13.6 Å². The standard InChI is InChI=1S/C23H25N9O2/c1-13-9-15(13)23(33)26-18-10-16-17(11-25-22(24-2)20(16)29-28-18)21-27-19-4-3-14(12-32(19)30-21)31-5-7-34-8-6-31/h3-4,10-13,15H,5-9H2,1-2H3,(H,24,25)(H,26,28,33)/t13-,15+/m0/s1/i1D3. The number of ether oxygens (including phenoxy) is 1. The first kappa shape index (κ1) is 17.6. The molecule has 2 atom stereocenters. The first-order valence-electron chi connectivity index (χ1n) is 12.7. The van der Waals surface area contributed by atoms with Crippen molar-refractivity contribution in [1.29, 1.82) is 0 Å². The molecular weight excluding hydrogens is 434 g/mol. The molecule has 0 unspecified atom stereocenters. The third-order valence-corrected chi connectivity index (χ3v) is 6.18. The molecule has 174 valence electrons. The molecule has 6 rings (SSSR count). The van der Waals surface area contributed by atoms with Crippen molar-refractivity contribution >= 4 is 39.8 Å². The van der Waals surface area contributed by atoms with Crippen LogP contribution in [-0.4, -0.2) is 69.0 Å². The zero-order chi connectivity index (χ0) is 25.7. The summed E-state index contributed by atoms with van der Waals surface area (Å²) in [6.07, 6.45) is 3.93. The first-order valence-corrected chi connectivity index (χ1v) is 11.2. The van der Waals surface area contributed by atoms with Crippen LogP contribution in [0.4, 0.5) is 17.3 Å². The Balaban J connectivity index is 1.35. The highest BCUT2D eigenvalue weighted by Gasteiger charge is 2.39. The van der Waals surface area contributed by atoms with Gasteiger partial charge in [-0.05, 0) is 30.5 Å². The molecule has 2 aliphatic rings. The van der Waals surface area contributed by atoms with Crippen molar-refractivity contribution in [2.75, 3.05) is 48.9 Å². The minimum absolute atomic E-state index is 0.224. The van der Waals surface area contributed by atoms with Crippen LogP contribution in [0.1, 0.15) is 17.4 Å². The number of hydrogen-bond donors (Lipinski definition) is 2. The molecule has 0 bridgehead atoms. The number of carbonyl (C=O) groups excluding carboxylic acids is 1. The third kappa shape index (κ3) is 3.67. The van der Waals surface area contributed by atoms with Crippen LogP contribution in [0.25, 0.3) is 27.9 Å². The largest absolute Gasteiger partial charge is 0.378 e. The number of rotatable bonds is 5. The van der Waals surface area contributed by atoms with Gasteiger partial charge in [-0.1, -0.05) is 6.85 Å². The Hall–Kier alpha value is -3.86. The summed E-state index contributed by atoms with van der Waals surface area (Å²) in [7, 11) is 1.73. The molecule has 11 nitrogen and oxygen atoms in total. The second-order valence-electron chi connectivity index (χ2n) is 8.43. The molecule has 34 heavy (non-hydrogen) atoms. The van der Waals surface area contributed by atoms with Crippen LogP contribution in [0.5, 0.6) is 0 Å². The van der Waals surface area contributed by atoms with Crippen molar-refractivity contribution in [1.82, 2.24) is 29.8 Å². The van der Waals surface area contributed by atoms with Gasteiger partial charge in [-0.15, -0.1) is 15.3 Å². The minimum atomic E-state index is -2.14. The lowest BCUT2D eigenvalue weighted by Crippen LogP contribution is -2.36.